The second kappa shape index (κ2) is 8.22. The van der Waals surface area contributed by atoms with Gasteiger partial charge in [-0.1, -0.05) is 50.6 Å². The SMILES string of the molecule is Cc1cc(C)c(PC(=O)c2c(C)cc(C(C)(C)C)cc2C)c(C)c1.[Li]. The fourth-order valence-corrected chi connectivity index (χ4v) is 4.59. The number of aryl methyl sites for hydroxylation is 5. The predicted octanol–water partition coefficient (Wildman–Crippen LogP) is 5.29. The monoisotopic (exact) mass is 347 g/mol. The molecule has 3 heteroatoms. The molecule has 0 aliphatic rings. The van der Waals surface area contributed by atoms with Gasteiger partial charge in [0.25, 0.3) is 0 Å². The Hall–Kier alpha value is -0.863. The summed E-state index contributed by atoms with van der Waals surface area (Å²) in [6.07, 6.45) is 0. The van der Waals surface area contributed by atoms with E-state index in [1.54, 1.807) is 0 Å². The van der Waals surface area contributed by atoms with Gasteiger partial charge in [0.1, 0.15) is 0 Å². The third kappa shape index (κ3) is 5.07. The van der Waals surface area contributed by atoms with Gasteiger partial charge in [-0.25, -0.2) is 0 Å². The number of hydrogen-bond donors (Lipinski definition) is 0. The zero-order chi connectivity index (χ0) is 18.2. The van der Waals surface area contributed by atoms with Crippen LogP contribution in [0.2, 0.25) is 0 Å². The Morgan fingerprint density at radius 3 is 1.64 bits per heavy atom. The van der Waals surface area contributed by atoms with Gasteiger partial charge in [0, 0.05) is 24.4 Å². The van der Waals surface area contributed by atoms with Crippen LogP contribution in [0.1, 0.15) is 64.5 Å². The van der Waals surface area contributed by atoms with Gasteiger partial charge >= 0.3 is 0 Å². The molecular weight excluding hydrogens is 318 g/mol. The van der Waals surface area contributed by atoms with Gasteiger partial charge in [-0.3, -0.25) is 4.79 Å². The summed E-state index contributed by atoms with van der Waals surface area (Å²) in [6, 6.07) is 8.70. The third-order valence-electron chi connectivity index (χ3n) is 4.54. The van der Waals surface area contributed by atoms with E-state index < -0.39 is 0 Å². The maximum atomic E-state index is 13.0. The fraction of sp³-hybridized carbons (Fsp3) is 0.409. The van der Waals surface area contributed by atoms with E-state index in [-0.39, 0.29) is 38.4 Å². The summed E-state index contributed by atoms with van der Waals surface area (Å²) in [6.45, 7) is 17.1. The van der Waals surface area contributed by atoms with E-state index in [9.17, 15) is 4.79 Å². The quantitative estimate of drug-likeness (QED) is 0.545. The van der Waals surface area contributed by atoms with Gasteiger partial charge in [-0.2, -0.15) is 0 Å². The van der Waals surface area contributed by atoms with Crippen LogP contribution in [0.15, 0.2) is 24.3 Å². The minimum absolute atomic E-state index is 0. The van der Waals surface area contributed by atoms with Gasteiger partial charge < -0.3 is 0 Å². The molecule has 0 amide bonds. The molecule has 129 valence electrons. The number of hydrogen-bond acceptors (Lipinski definition) is 1. The van der Waals surface area contributed by atoms with Crippen molar-refractivity contribution in [2.75, 3.05) is 0 Å². The zero-order valence-electron chi connectivity index (χ0n) is 17.2. The molecule has 0 N–H and O–H groups in total. The van der Waals surface area contributed by atoms with Crippen LogP contribution in [-0.2, 0) is 5.41 Å². The molecule has 2 aromatic rings. The van der Waals surface area contributed by atoms with E-state index in [1.807, 2.05) is 0 Å². The molecule has 0 spiro atoms. The molecule has 0 aliphatic heterocycles. The molecule has 0 fully saturated rings. The fourth-order valence-electron chi connectivity index (χ4n) is 3.31. The number of carbonyl (C=O) groups is 1. The minimum atomic E-state index is 0. The number of benzene rings is 2. The Balaban J connectivity index is 0.00000312. The molecule has 25 heavy (non-hydrogen) atoms. The van der Waals surface area contributed by atoms with Gasteiger partial charge in [0.05, 0.1) is 0 Å². The van der Waals surface area contributed by atoms with E-state index >= 15 is 0 Å². The van der Waals surface area contributed by atoms with Gasteiger partial charge in [-0.15, -0.1) is 0 Å². The first-order chi connectivity index (χ1) is 11.0. The van der Waals surface area contributed by atoms with Crippen LogP contribution in [0, 0.1) is 34.6 Å². The van der Waals surface area contributed by atoms with E-state index in [0.29, 0.717) is 0 Å². The normalized spacial score (nSPS) is 11.7. The van der Waals surface area contributed by atoms with Crippen molar-refractivity contribution in [3.8, 4) is 0 Å². The minimum Gasteiger partial charge on any atom is -0.289 e. The smallest absolute Gasteiger partial charge is 0.186 e. The van der Waals surface area contributed by atoms with Crippen molar-refractivity contribution in [2.24, 2.45) is 0 Å². The maximum absolute atomic E-state index is 13.0. The van der Waals surface area contributed by atoms with Crippen molar-refractivity contribution < 1.29 is 4.79 Å². The van der Waals surface area contributed by atoms with Crippen molar-refractivity contribution in [3.63, 3.8) is 0 Å². The summed E-state index contributed by atoms with van der Waals surface area (Å²) in [5, 5.41) is 1.20. The molecule has 0 aromatic heterocycles. The van der Waals surface area contributed by atoms with Crippen LogP contribution in [0.25, 0.3) is 0 Å². The Kier molecular flexibility index (Phi) is 7.29. The van der Waals surface area contributed by atoms with E-state index in [0.717, 1.165) is 16.7 Å². The summed E-state index contributed by atoms with van der Waals surface area (Å²) in [5.41, 5.74) is 8.44. The second-order valence-electron chi connectivity index (χ2n) is 7.96. The van der Waals surface area contributed by atoms with Crippen LogP contribution >= 0.6 is 8.58 Å². The van der Waals surface area contributed by atoms with Gasteiger partial charge in [0.15, 0.2) is 5.52 Å². The molecule has 1 radical (unpaired) electrons. The van der Waals surface area contributed by atoms with Crippen molar-refractivity contribution in [2.45, 2.75) is 60.8 Å². The van der Waals surface area contributed by atoms with Gasteiger partial charge in [-0.05, 0) is 81.7 Å². The van der Waals surface area contributed by atoms with Crippen molar-refractivity contribution >= 4 is 38.3 Å². The Labute approximate surface area is 167 Å². The van der Waals surface area contributed by atoms with Crippen molar-refractivity contribution in [1.82, 2.24) is 0 Å². The van der Waals surface area contributed by atoms with Gasteiger partial charge in [0.2, 0.25) is 0 Å². The van der Waals surface area contributed by atoms with Crippen molar-refractivity contribution in [1.29, 1.82) is 0 Å². The largest absolute Gasteiger partial charge is 0.289 e. The number of rotatable bonds is 3. The average molecular weight is 347 g/mol. The molecule has 0 saturated carbocycles. The zero-order valence-corrected chi connectivity index (χ0v) is 18.2. The maximum Gasteiger partial charge on any atom is 0.186 e. The molecule has 2 rings (SSSR count). The molecule has 1 unspecified atom stereocenters. The average Bonchev–Trinajstić information content (AvgIpc) is 2.40. The van der Waals surface area contributed by atoms with Crippen molar-refractivity contribution in [3.05, 3.63) is 63.2 Å². The Morgan fingerprint density at radius 2 is 1.24 bits per heavy atom. The topological polar surface area (TPSA) is 17.1 Å². The van der Waals surface area contributed by atoms with Crippen LogP contribution in [0.4, 0.5) is 0 Å². The van der Waals surface area contributed by atoms with Crippen LogP contribution in [-0.4, -0.2) is 24.4 Å². The van der Waals surface area contributed by atoms with E-state index in [1.165, 1.54) is 27.6 Å². The first-order valence-electron chi connectivity index (χ1n) is 8.51. The molecular formula is C22H29LiOP. The molecule has 2 aromatic carbocycles. The first kappa shape index (κ1) is 22.2. The Bertz CT molecular complexity index is 754. The van der Waals surface area contributed by atoms with Crippen LogP contribution < -0.4 is 5.30 Å². The molecule has 0 aliphatic carbocycles. The van der Waals surface area contributed by atoms with E-state index in [2.05, 4.69) is 79.7 Å². The molecule has 0 heterocycles. The Morgan fingerprint density at radius 1 is 0.800 bits per heavy atom. The summed E-state index contributed by atoms with van der Waals surface area (Å²) < 4.78 is 0. The molecule has 1 nitrogen and oxygen atoms in total. The van der Waals surface area contributed by atoms with Crippen LogP contribution in [0.5, 0.6) is 0 Å². The summed E-state index contributed by atoms with van der Waals surface area (Å²) in [7, 11) is 0.187. The summed E-state index contributed by atoms with van der Waals surface area (Å²) >= 11 is 0. The standard InChI is InChI=1S/C22H29OP.Li/c1-13-9-16(4)20(17(5)10-13)24-21(23)19-14(2)11-18(12-15(19)3)22(6,7)8;/h9-12,24H,1-8H3;. The third-order valence-corrected chi connectivity index (χ3v) is 6.06. The molecule has 0 saturated heterocycles. The second-order valence-corrected chi connectivity index (χ2v) is 9.17. The summed E-state index contributed by atoms with van der Waals surface area (Å²) in [4.78, 5) is 13.0. The predicted molar refractivity (Wildman–Crippen MR) is 113 cm³/mol. The molecule has 1 atom stereocenters. The van der Waals surface area contributed by atoms with Crippen LogP contribution in [0.3, 0.4) is 0 Å². The van der Waals surface area contributed by atoms with E-state index in [4.69, 9.17) is 0 Å². The first-order valence-corrected chi connectivity index (χ1v) is 9.51. The summed E-state index contributed by atoms with van der Waals surface area (Å²) in [5.74, 6) is 0. The molecule has 0 bridgehead atoms. The number of carbonyl (C=O) groups excluding carboxylic acids is 1.